The van der Waals surface area contributed by atoms with Gasteiger partial charge in [-0.3, -0.25) is 0 Å². The van der Waals surface area contributed by atoms with Crippen molar-refractivity contribution in [3.63, 3.8) is 0 Å². The van der Waals surface area contributed by atoms with E-state index in [1.54, 1.807) is 16.9 Å². The number of hydrogen-bond donors (Lipinski definition) is 1. The average Bonchev–Trinajstić information content (AvgIpc) is 2.64. The highest BCUT2D eigenvalue weighted by atomic mass is 35.5. The molecule has 0 atom stereocenters. The van der Waals surface area contributed by atoms with E-state index < -0.39 is 0 Å². The van der Waals surface area contributed by atoms with Crippen molar-refractivity contribution < 1.29 is 0 Å². The van der Waals surface area contributed by atoms with Gasteiger partial charge in [0, 0.05) is 17.0 Å². The van der Waals surface area contributed by atoms with Crippen molar-refractivity contribution in [3.8, 4) is 5.69 Å². The Morgan fingerprint density at radius 1 is 1.38 bits per heavy atom. The summed E-state index contributed by atoms with van der Waals surface area (Å²) in [6.45, 7) is 1.98. The van der Waals surface area contributed by atoms with Crippen molar-refractivity contribution in [2.75, 3.05) is 0 Å². The summed E-state index contributed by atoms with van der Waals surface area (Å²) < 4.78 is 1.78. The first-order valence-electron chi connectivity index (χ1n) is 4.74. The minimum Gasteiger partial charge on any atom is -0.236 e. The number of rotatable bonds is 2. The number of thiol groups is 1. The number of aromatic nitrogens is 2. The SMILES string of the molecule is Cc1c(CS)cnn1-c1cccc(Cl)c1Cl. The van der Waals surface area contributed by atoms with Crippen LogP contribution in [-0.4, -0.2) is 9.78 Å². The van der Waals surface area contributed by atoms with Crippen LogP contribution in [-0.2, 0) is 5.75 Å². The van der Waals surface area contributed by atoms with Crippen LogP contribution in [0, 0.1) is 6.92 Å². The summed E-state index contributed by atoms with van der Waals surface area (Å²) in [6.07, 6.45) is 1.79. The Balaban J connectivity index is 2.59. The molecule has 0 bridgehead atoms. The van der Waals surface area contributed by atoms with Gasteiger partial charge in [-0.25, -0.2) is 4.68 Å². The number of halogens is 2. The topological polar surface area (TPSA) is 17.8 Å². The summed E-state index contributed by atoms with van der Waals surface area (Å²) in [5.74, 6) is 0.657. The van der Waals surface area contributed by atoms with E-state index in [-0.39, 0.29) is 0 Å². The first-order valence-corrected chi connectivity index (χ1v) is 6.12. The van der Waals surface area contributed by atoms with E-state index in [4.69, 9.17) is 23.2 Å². The highest BCUT2D eigenvalue weighted by molar-refractivity contribution is 7.79. The summed E-state index contributed by atoms with van der Waals surface area (Å²) >= 11 is 16.3. The lowest BCUT2D eigenvalue weighted by molar-refractivity contribution is 0.846. The van der Waals surface area contributed by atoms with Crippen LogP contribution >= 0.6 is 35.8 Å². The summed E-state index contributed by atoms with van der Waals surface area (Å²) in [5, 5.41) is 5.33. The standard InChI is InChI=1S/C11H10Cl2N2S/c1-7-8(6-16)5-14-15(7)10-4-2-3-9(12)11(10)13/h2-5,16H,6H2,1H3. The van der Waals surface area contributed by atoms with Gasteiger partial charge in [-0.1, -0.05) is 29.3 Å². The van der Waals surface area contributed by atoms with Crippen LogP contribution < -0.4 is 0 Å². The molecule has 0 spiro atoms. The Bertz CT molecular complexity index is 523. The van der Waals surface area contributed by atoms with Gasteiger partial charge in [0.15, 0.2) is 0 Å². The molecular formula is C11H10Cl2N2S. The maximum Gasteiger partial charge on any atom is 0.0850 e. The molecule has 2 rings (SSSR count). The molecule has 2 aromatic rings. The monoisotopic (exact) mass is 272 g/mol. The molecule has 84 valence electrons. The minimum atomic E-state index is 0.515. The second-order valence-electron chi connectivity index (χ2n) is 3.40. The Hall–Kier alpha value is -0.640. The normalized spacial score (nSPS) is 10.8. The summed E-state index contributed by atoms with van der Waals surface area (Å²) in [6, 6.07) is 5.49. The Kier molecular flexibility index (Phi) is 3.47. The fraction of sp³-hybridized carbons (Fsp3) is 0.182. The van der Waals surface area contributed by atoms with Gasteiger partial charge in [-0.15, -0.1) is 0 Å². The summed E-state index contributed by atoms with van der Waals surface area (Å²) in [4.78, 5) is 0. The molecule has 0 saturated carbocycles. The summed E-state index contributed by atoms with van der Waals surface area (Å²) in [5.41, 5.74) is 2.90. The van der Waals surface area contributed by atoms with Crippen LogP contribution in [0.1, 0.15) is 11.3 Å². The van der Waals surface area contributed by atoms with E-state index in [2.05, 4.69) is 17.7 Å². The van der Waals surface area contributed by atoms with Gasteiger partial charge in [0.05, 0.1) is 21.9 Å². The van der Waals surface area contributed by atoms with Crippen molar-refractivity contribution in [2.24, 2.45) is 0 Å². The first kappa shape index (κ1) is 11.8. The van der Waals surface area contributed by atoms with Gasteiger partial charge in [-0.2, -0.15) is 17.7 Å². The predicted octanol–water partition coefficient (Wildman–Crippen LogP) is 3.92. The van der Waals surface area contributed by atoms with Gasteiger partial charge < -0.3 is 0 Å². The van der Waals surface area contributed by atoms with Crippen LogP contribution in [0.4, 0.5) is 0 Å². The van der Waals surface area contributed by atoms with Crippen LogP contribution in [0.25, 0.3) is 5.69 Å². The quantitative estimate of drug-likeness (QED) is 0.821. The van der Waals surface area contributed by atoms with Gasteiger partial charge in [0.1, 0.15) is 0 Å². The van der Waals surface area contributed by atoms with Crippen molar-refractivity contribution in [1.29, 1.82) is 0 Å². The van der Waals surface area contributed by atoms with Crippen LogP contribution in [0.3, 0.4) is 0 Å². The van der Waals surface area contributed by atoms with E-state index in [0.29, 0.717) is 15.8 Å². The molecule has 0 amide bonds. The minimum absolute atomic E-state index is 0.515. The molecule has 0 unspecified atom stereocenters. The Morgan fingerprint density at radius 3 is 2.75 bits per heavy atom. The van der Waals surface area contributed by atoms with E-state index in [1.807, 2.05) is 19.1 Å². The van der Waals surface area contributed by atoms with Gasteiger partial charge >= 0.3 is 0 Å². The maximum absolute atomic E-state index is 6.14. The fourth-order valence-electron chi connectivity index (χ4n) is 1.50. The molecule has 0 aliphatic heterocycles. The van der Waals surface area contributed by atoms with E-state index in [1.165, 1.54) is 0 Å². The van der Waals surface area contributed by atoms with Crippen molar-refractivity contribution in [2.45, 2.75) is 12.7 Å². The fourth-order valence-corrected chi connectivity index (χ4v) is 2.18. The second-order valence-corrected chi connectivity index (χ2v) is 4.50. The van der Waals surface area contributed by atoms with Crippen LogP contribution in [0.15, 0.2) is 24.4 Å². The van der Waals surface area contributed by atoms with Crippen molar-refractivity contribution >= 4 is 35.8 Å². The van der Waals surface area contributed by atoms with Crippen LogP contribution in [0.2, 0.25) is 10.0 Å². The van der Waals surface area contributed by atoms with Gasteiger partial charge in [-0.05, 0) is 19.1 Å². The van der Waals surface area contributed by atoms with E-state index in [9.17, 15) is 0 Å². The molecule has 0 aliphatic carbocycles. The zero-order chi connectivity index (χ0) is 11.7. The molecule has 1 aromatic carbocycles. The molecule has 0 aliphatic rings. The van der Waals surface area contributed by atoms with Crippen LogP contribution in [0.5, 0.6) is 0 Å². The van der Waals surface area contributed by atoms with Crippen molar-refractivity contribution in [1.82, 2.24) is 9.78 Å². The Labute approximate surface area is 110 Å². The maximum atomic E-state index is 6.14. The number of benzene rings is 1. The molecule has 0 radical (unpaired) electrons. The lowest BCUT2D eigenvalue weighted by Gasteiger charge is -2.08. The smallest absolute Gasteiger partial charge is 0.0850 e. The predicted molar refractivity (Wildman–Crippen MR) is 71.0 cm³/mol. The zero-order valence-electron chi connectivity index (χ0n) is 8.61. The third kappa shape index (κ3) is 1.95. The second kappa shape index (κ2) is 4.70. The highest BCUT2D eigenvalue weighted by Crippen LogP contribution is 2.29. The molecule has 1 heterocycles. The first-order chi connectivity index (χ1) is 7.65. The zero-order valence-corrected chi connectivity index (χ0v) is 11.0. The molecule has 0 saturated heterocycles. The van der Waals surface area contributed by atoms with E-state index >= 15 is 0 Å². The molecule has 1 aromatic heterocycles. The Morgan fingerprint density at radius 2 is 2.12 bits per heavy atom. The molecule has 2 nitrogen and oxygen atoms in total. The van der Waals surface area contributed by atoms with Gasteiger partial charge in [0.2, 0.25) is 0 Å². The number of nitrogens with zero attached hydrogens (tertiary/aromatic N) is 2. The third-order valence-electron chi connectivity index (χ3n) is 2.44. The third-order valence-corrected chi connectivity index (χ3v) is 3.59. The molecular weight excluding hydrogens is 263 g/mol. The molecule has 5 heteroatoms. The molecule has 16 heavy (non-hydrogen) atoms. The average molecular weight is 273 g/mol. The molecule has 0 N–H and O–H groups in total. The lowest BCUT2D eigenvalue weighted by atomic mass is 10.2. The van der Waals surface area contributed by atoms with Gasteiger partial charge in [0.25, 0.3) is 0 Å². The number of hydrogen-bond acceptors (Lipinski definition) is 2. The largest absolute Gasteiger partial charge is 0.236 e. The lowest BCUT2D eigenvalue weighted by Crippen LogP contribution is -2.00. The van der Waals surface area contributed by atoms with E-state index in [0.717, 1.165) is 16.9 Å². The summed E-state index contributed by atoms with van der Waals surface area (Å²) in [7, 11) is 0. The highest BCUT2D eigenvalue weighted by Gasteiger charge is 2.11. The van der Waals surface area contributed by atoms with Crippen molar-refractivity contribution in [3.05, 3.63) is 45.7 Å². The molecule has 0 fully saturated rings.